The zero-order valence-electron chi connectivity index (χ0n) is 9.62. The second-order valence-electron chi connectivity index (χ2n) is 4.20. The van der Waals surface area contributed by atoms with Crippen LogP contribution in [0.3, 0.4) is 0 Å². The van der Waals surface area contributed by atoms with E-state index < -0.39 is 6.09 Å². The molecule has 0 atom stereocenters. The van der Waals surface area contributed by atoms with Crippen molar-refractivity contribution < 1.29 is 9.53 Å². The molecule has 0 aliphatic heterocycles. The van der Waals surface area contributed by atoms with Crippen molar-refractivity contribution in [1.82, 2.24) is 5.32 Å². The molecule has 1 N–H and O–H groups in total. The third-order valence-corrected chi connectivity index (χ3v) is 3.24. The highest BCUT2D eigenvalue weighted by atomic mass is 16.6. The molecule has 1 amide bonds. The predicted molar refractivity (Wildman–Crippen MR) is 66.4 cm³/mol. The molecule has 0 unspecified atom stereocenters. The van der Waals surface area contributed by atoms with Crippen LogP contribution in [-0.4, -0.2) is 13.1 Å². The summed E-state index contributed by atoms with van der Waals surface area (Å²) in [5, 5.41) is 4.75. The first kappa shape index (κ1) is 10.1. The van der Waals surface area contributed by atoms with E-state index in [2.05, 4.69) is 17.4 Å². The van der Waals surface area contributed by atoms with Gasteiger partial charge in [-0.3, -0.25) is 0 Å². The zero-order valence-corrected chi connectivity index (χ0v) is 9.62. The van der Waals surface area contributed by atoms with Gasteiger partial charge in [0.2, 0.25) is 0 Å². The number of hydrogen-bond donors (Lipinski definition) is 1. The largest absolute Gasteiger partial charge is 0.412 e. The topological polar surface area (TPSA) is 38.3 Å². The van der Waals surface area contributed by atoms with Crippen molar-refractivity contribution >= 4 is 16.9 Å². The molecular formula is C14H13NO2. The molecule has 0 aromatic heterocycles. The molecule has 0 saturated heterocycles. The molecule has 0 radical (unpaired) electrons. The van der Waals surface area contributed by atoms with E-state index in [9.17, 15) is 4.79 Å². The lowest BCUT2D eigenvalue weighted by atomic mass is 10.0. The summed E-state index contributed by atoms with van der Waals surface area (Å²) in [5.74, 6) is 0.631. The van der Waals surface area contributed by atoms with E-state index in [4.69, 9.17) is 4.74 Å². The van der Waals surface area contributed by atoms with Gasteiger partial charge < -0.3 is 10.1 Å². The maximum atomic E-state index is 11.3. The van der Waals surface area contributed by atoms with E-state index in [1.165, 1.54) is 16.5 Å². The standard InChI is InChI=1S/C14H13NO2/c1-15-14(16)17-12-8-7-10-6-5-9-3-2-4-11(12)13(9)10/h2-4,7-8H,5-6H2,1H3,(H,15,16). The van der Waals surface area contributed by atoms with Crippen LogP contribution in [0.25, 0.3) is 10.8 Å². The van der Waals surface area contributed by atoms with E-state index >= 15 is 0 Å². The Kier molecular flexibility index (Phi) is 2.25. The normalized spacial score (nSPS) is 12.8. The van der Waals surface area contributed by atoms with Gasteiger partial charge in [-0.1, -0.05) is 24.3 Å². The maximum absolute atomic E-state index is 11.3. The van der Waals surface area contributed by atoms with E-state index in [1.807, 2.05) is 18.2 Å². The van der Waals surface area contributed by atoms with E-state index in [-0.39, 0.29) is 0 Å². The van der Waals surface area contributed by atoms with Gasteiger partial charge in [0, 0.05) is 12.4 Å². The van der Waals surface area contributed by atoms with Crippen LogP contribution in [0.5, 0.6) is 5.75 Å². The fourth-order valence-electron chi connectivity index (χ4n) is 2.46. The third-order valence-electron chi connectivity index (χ3n) is 3.24. The van der Waals surface area contributed by atoms with Crippen molar-refractivity contribution in [3.05, 3.63) is 41.5 Å². The molecule has 0 heterocycles. The smallest absolute Gasteiger partial charge is 0.410 e. The number of aryl methyl sites for hydroxylation is 2. The molecular weight excluding hydrogens is 214 g/mol. The summed E-state index contributed by atoms with van der Waals surface area (Å²) in [6.45, 7) is 0. The Hall–Kier alpha value is -2.03. The molecule has 3 rings (SSSR count). The Morgan fingerprint density at radius 3 is 2.71 bits per heavy atom. The minimum Gasteiger partial charge on any atom is -0.410 e. The first-order valence-electron chi connectivity index (χ1n) is 5.72. The van der Waals surface area contributed by atoms with Gasteiger partial charge in [0.25, 0.3) is 0 Å². The maximum Gasteiger partial charge on any atom is 0.412 e. The highest BCUT2D eigenvalue weighted by molar-refractivity contribution is 5.96. The Labute approximate surface area is 99.4 Å². The van der Waals surface area contributed by atoms with E-state index in [0.29, 0.717) is 5.75 Å². The second kappa shape index (κ2) is 3.77. The average Bonchev–Trinajstić information content (AvgIpc) is 2.78. The Morgan fingerprint density at radius 2 is 1.94 bits per heavy atom. The van der Waals surface area contributed by atoms with Crippen LogP contribution in [0.1, 0.15) is 11.1 Å². The molecule has 0 spiro atoms. The van der Waals surface area contributed by atoms with Gasteiger partial charge in [0.05, 0.1) is 0 Å². The fraction of sp³-hybridized carbons (Fsp3) is 0.214. The van der Waals surface area contributed by atoms with Crippen LogP contribution >= 0.6 is 0 Å². The number of amides is 1. The monoisotopic (exact) mass is 227 g/mol. The van der Waals surface area contributed by atoms with Crippen molar-refractivity contribution in [3.8, 4) is 5.75 Å². The fourth-order valence-corrected chi connectivity index (χ4v) is 2.46. The predicted octanol–water partition coefficient (Wildman–Crippen LogP) is 2.66. The minimum absolute atomic E-state index is 0.427. The summed E-state index contributed by atoms with van der Waals surface area (Å²) in [6.07, 6.45) is 1.73. The molecule has 0 fully saturated rings. The van der Waals surface area contributed by atoms with Gasteiger partial charge in [0.1, 0.15) is 5.75 Å². The Bertz CT molecular complexity index is 594. The molecule has 2 aromatic carbocycles. The molecule has 3 heteroatoms. The van der Waals surface area contributed by atoms with Crippen LogP contribution in [-0.2, 0) is 12.8 Å². The second-order valence-corrected chi connectivity index (χ2v) is 4.20. The molecule has 2 aromatic rings. The minimum atomic E-state index is -0.427. The number of ether oxygens (including phenoxy) is 1. The number of nitrogens with one attached hydrogen (secondary N) is 1. The van der Waals surface area contributed by atoms with Gasteiger partial charge in [0.15, 0.2) is 0 Å². The quantitative estimate of drug-likeness (QED) is 0.813. The van der Waals surface area contributed by atoms with Crippen molar-refractivity contribution in [3.63, 3.8) is 0 Å². The number of rotatable bonds is 1. The Morgan fingerprint density at radius 1 is 1.18 bits per heavy atom. The zero-order chi connectivity index (χ0) is 11.8. The van der Waals surface area contributed by atoms with Crippen LogP contribution in [0.15, 0.2) is 30.3 Å². The van der Waals surface area contributed by atoms with Gasteiger partial charge in [-0.05, 0) is 35.4 Å². The van der Waals surface area contributed by atoms with E-state index in [0.717, 1.165) is 18.2 Å². The molecule has 1 aliphatic carbocycles. The summed E-state index contributed by atoms with van der Waals surface area (Å²) in [6, 6.07) is 10.1. The molecule has 86 valence electrons. The first-order chi connectivity index (χ1) is 8.29. The number of carbonyl (C=O) groups is 1. The lowest BCUT2D eigenvalue weighted by molar-refractivity contribution is 0.203. The highest BCUT2D eigenvalue weighted by Crippen LogP contribution is 2.36. The van der Waals surface area contributed by atoms with Crippen LogP contribution in [0.2, 0.25) is 0 Å². The van der Waals surface area contributed by atoms with Gasteiger partial charge >= 0.3 is 6.09 Å². The van der Waals surface area contributed by atoms with Crippen molar-refractivity contribution in [2.45, 2.75) is 12.8 Å². The molecule has 1 aliphatic rings. The molecule has 17 heavy (non-hydrogen) atoms. The Balaban J connectivity index is 2.18. The number of carbonyl (C=O) groups excluding carboxylic acids is 1. The average molecular weight is 227 g/mol. The summed E-state index contributed by atoms with van der Waals surface area (Å²) in [7, 11) is 1.56. The summed E-state index contributed by atoms with van der Waals surface area (Å²) in [5.41, 5.74) is 2.69. The van der Waals surface area contributed by atoms with Crippen LogP contribution in [0, 0.1) is 0 Å². The van der Waals surface area contributed by atoms with Crippen LogP contribution < -0.4 is 10.1 Å². The molecule has 0 bridgehead atoms. The molecule has 3 nitrogen and oxygen atoms in total. The van der Waals surface area contributed by atoms with Gasteiger partial charge in [-0.2, -0.15) is 0 Å². The first-order valence-corrected chi connectivity index (χ1v) is 5.72. The van der Waals surface area contributed by atoms with Crippen molar-refractivity contribution in [1.29, 1.82) is 0 Å². The number of benzene rings is 2. The lowest BCUT2D eigenvalue weighted by Gasteiger charge is -2.08. The SMILES string of the molecule is CNC(=O)Oc1ccc2c3c(cccc13)CC2. The molecule has 0 saturated carbocycles. The number of hydrogen-bond acceptors (Lipinski definition) is 2. The highest BCUT2D eigenvalue weighted by Gasteiger charge is 2.17. The third kappa shape index (κ3) is 1.55. The summed E-state index contributed by atoms with van der Waals surface area (Å²) in [4.78, 5) is 11.3. The summed E-state index contributed by atoms with van der Waals surface area (Å²) >= 11 is 0. The van der Waals surface area contributed by atoms with Gasteiger partial charge in [-0.25, -0.2) is 4.79 Å². The summed E-state index contributed by atoms with van der Waals surface area (Å²) < 4.78 is 5.26. The van der Waals surface area contributed by atoms with Crippen molar-refractivity contribution in [2.75, 3.05) is 7.05 Å². The van der Waals surface area contributed by atoms with Crippen molar-refractivity contribution in [2.24, 2.45) is 0 Å². The van der Waals surface area contributed by atoms with Gasteiger partial charge in [-0.15, -0.1) is 0 Å². The van der Waals surface area contributed by atoms with E-state index in [1.54, 1.807) is 7.05 Å². The lowest BCUT2D eigenvalue weighted by Crippen LogP contribution is -2.22. The van der Waals surface area contributed by atoms with Crippen LogP contribution in [0.4, 0.5) is 4.79 Å².